The molecular formula is C16H24BrNO2. The van der Waals surface area contributed by atoms with Gasteiger partial charge in [-0.1, -0.05) is 15.9 Å². The Hall–Kier alpha value is -0.580. The van der Waals surface area contributed by atoms with E-state index in [9.17, 15) is 0 Å². The van der Waals surface area contributed by atoms with E-state index in [0.717, 1.165) is 41.7 Å². The van der Waals surface area contributed by atoms with Crippen LogP contribution in [0.25, 0.3) is 0 Å². The third-order valence-electron chi connectivity index (χ3n) is 3.85. The van der Waals surface area contributed by atoms with Gasteiger partial charge in [-0.2, -0.15) is 0 Å². The van der Waals surface area contributed by atoms with Crippen LogP contribution in [-0.2, 0) is 4.74 Å². The quantitative estimate of drug-likeness (QED) is 0.813. The highest BCUT2D eigenvalue weighted by Crippen LogP contribution is 2.38. The lowest BCUT2D eigenvalue weighted by atomic mass is 9.77. The summed E-state index contributed by atoms with van der Waals surface area (Å²) >= 11 is 3.51. The SMILES string of the molecule is CCOc1ccc(Br)cc1C(N)CC1CC(OCC)C1. The Morgan fingerprint density at radius 2 is 2.05 bits per heavy atom. The smallest absolute Gasteiger partial charge is 0.124 e. The molecule has 1 aromatic rings. The van der Waals surface area contributed by atoms with Crippen LogP contribution in [0.2, 0.25) is 0 Å². The van der Waals surface area contributed by atoms with Gasteiger partial charge in [-0.15, -0.1) is 0 Å². The molecule has 0 saturated heterocycles. The molecule has 4 heteroatoms. The van der Waals surface area contributed by atoms with Gasteiger partial charge in [0, 0.05) is 22.7 Å². The van der Waals surface area contributed by atoms with Crippen molar-refractivity contribution in [2.75, 3.05) is 13.2 Å². The zero-order valence-corrected chi connectivity index (χ0v) is 13.9. The van der Waals surface area contributed by atoms with Crippen LogP contribution in [0.4, 0.5) is 0 Å². The maximum Gasteiger partial charge on any atom is 0.124 e. The first kappa shape index (κ1) is 15.8. The summed E-state index contributed by atoms with van der Waals surface area (Å²) in [5.74, 6) is 1.58. The number of benzene rings is 1. The van der Waals surface area contributed by atoms with E-state index >= 15 is 0 Å². The molecule has 1 unspecified atom stereocenters. The van der Waals surface area contributed by atoms with Crippen molar-refractivity contribution in [3.8, 4) is 5.75 Å². The molecule has 1 aromatic carbocycles. The van der Waals surface area contributed by atoms with Crippen LogP contribution in [0, 0.1) is 5.92 Å². The molecular weight excluding hydrogens is 318 g/mol. The predicted molar refractivity (Wildman–Crippen MR) is 85.0 cm³/mol. The van der Waals surface area contributed by atoms with Crippen molar-refractivity contribution >= 4 is 15.9 Å². The molecule has 0 radical (unpaired) electrons. The van der Waals surface area contributed by atoms with Crippen LogP contribution in [0.3, 0.4) is 0 Å². The molecule has 0 bridgehead atoms. The lowest BCUT2D eigenvalue weighted by Gasteiger charge is -2.36. The molecule has 0 amide bonds. The molecule has 112 valence electrons. The minimum Gasteiger partial charge on any atom is -0.494 e. The van der Waals surface area contributed by atoms with Gasteiger partial charge in [0.25, 0.3) is 0 Å². The Balaban J connectivity index is 1.95. The fourth-order valence-corrected chi connectivity index (χ4v) is 3.20. The maximum absolute atomic E-state index is 6.38. The van der Waals surface area contributed by atoms with Crippen molar-refractivity contribution in [2.24, 2.45) is 11.7 Å². The number of ether oxygens (including phenoxy) is 2. The summed E-state index contributed by atoms with van der Waals surface area (Å²) in [7, 11) is 0. The minimum atomic E-state index is 0.0293. The first-order valence-electron chi connectivity index (χ1n) is 7.43. The molecule has 20 heavy (non-hydrogen) atoms. The number of nitrogens with two attached hydrogens (primary N) is 1. The molecule has 1 atom stereocenters. The summed E-state index contributed by atoms with van der Waals surface area (Å²) in [6.45, 7) is 5.52. The van der Waals surface area contributed by atoms with Crippen LogP contribution in [-0.4, -0.2) is 19.3 Å². The molecule has 0 spiro atoms. The van der Waals surface area contributed by atoms with E-state index in [1.54, 1.807) is 0 Å². The fourth-order valence-electron chi connectivity index (χ4n) is 2.82. The van der Waals surface area contributed by atoms with Crippen LogP contribution in [0.15, 0.2) is 22.7 Å². The monoisotopic (exact) mass is 341 g/mol. The van der Waals surface area contributed by atoms with Gasteiger partial charge in [-0.3, -0.25) is 0 Å². The third kappa shape index (κ3) is 3.96. The van der Waals surface area contributed by atoms with Crippen molar-refractivity contribution in [3.05, 3.63) is 28.2 Å². The summed E-state index contributed by atoms with van der Waals surface area (Å²) in [5.41, 5.74) is 7.48. The Morgan fingerprint density at radius 1 is 1.30 bits per heavy atom. The zero-order valence-electron chi connectivity index (χ0n) is 12.3. The summed E-state index contributed by atoms with van der Waals surface area (Å²) in [6.07, 6.45) is 3.73. The predicted octanol–water partition coefficient (Wildman–Crippen LogP) is 4.05. The molecule has 3 nitrogen and oxygen atoms in total. The van der Waals surface area contributed by atoms with Gasteiger partial charge in [-0.25, -0.2) is 0 Å². The minimum absolute atomic E-state index is 0.0293. The molecule has 0 heterocycles. The van der Waals surface area contributed by atoms with E-state index in [1.807, 2.05) is 19.1 Å². The normalized spacial score (nSPS) is 23.2. The van der Waals surface area contributed by atoms with Crippen molar-refractivity contribution in [1.82, 2.24) is 0 Å². The van der Waals surface area contributed by atoms with Gasteiger partial charge >= 0.3 is 0 Å². The second-order valence-corrected chi connectivity index (χ2v) is 6.29. The fraction of sp³-hybridized carbons (Fsp3) is 0.625. The van der Waals surface area contributed by atoms with E-state index in [2.05, 4.69) is 28.9 Å². The highest BCUT2D eigenvalue weighted by atomic mass is 79.9. The van der Waals surface area contributed by atoms with Crippen molar-refractivity contribution < 1.29 is 9.47 Å². The summed E-state index contributed by atoms with van der Waals surface area (Å²) < 4.78 is 12.3. The summed E-state index contributed by atoms with van der Waals surface area (Å²) in [5, 5.41) is 0. The molecule has 1 aliphatic rings. The van der Waals surface area contributed by atoms with Crippen LogP contribution >= 0.6 is 15.9 Å². The zero-order chi connectivity index (χ0) is 14.5. The maximum atomic E-state index is 6.38. The average molecular weight is 342 g/mol. The lowest BCUT2D eigenvalue weighted by molar-refractivity contribution is -0.0282. The number of rotatable bonds is 7. The van der Waals surface area contributed by atoms with Gasteiger partial charge in [0.2, 0.25) is 0 Å². The Kier molecular flexibility index (Phi) is 5.87. The lowest BCUT2D eigenvalue weighted by Crippen LogP contribution is -2.33. The molecule has 1 aliphatic carbocycles. The van der Waals surface area contributed by atoms with Crippen molar-refractivity contribution in [2.45, 2.75) is 45.3 Å². The molecule has 0 aromatic heterocycles. The Morgan fingerprint density at radius 3 is 2.70 bits per heavy atom. The molecule has 1 saturated carbocycles. The molecule has 2 N–H and O–H groups in total. The summed E-state index contributed by atoms with van der Waals surface area (Å²) in [6, 6.07) is 6.10. The Labute approximate surface area is 130 Å². The second kappa shape index (κ2) is 7.43. The standard InChI is InChI=1S/C16H24BrNO2/c1-3-19-13-7-11(8-13)9-15(18)14-10-12(17)5-6-16(14)20-4-2/h5-6,10-11,13,15H,3-4,7-9,18H2,1-2H3. The largest absolute Gasteiger partial charge is 0.494 e. The first-order valence-corrected chi connectivity index (χ1v) is 8.22. The van der Waals surface area contributed by atoms with E-state index in [4.69, 9.17) is 15.2 Å². The highest BCUT2D eigenvalue weighted by Gasteiger charge is 2.31. The average Bonchev–Trinajstić information content (AvgIpc) is 2.38. The van der Waals surface area contributed by atoms with Gasteiger partial charge in [-0.05, 0) is 57.2 Å². The van der Waals surface area contributed by atoms with Crippen LogP contribution in [0.5, 0.6) is 5.75 Å². The topological polar surface area (TPSA) is 44.5 Å². The van der Waals surface area contributed by atoms with Gasteiger partial charge in [0.15, 0.2) is 0 Å². The van der Waals surface area contributed by atoms with E-state index in [0.29, 0.717) is 18.6 Å². The van der Waals surface area contributed by atoms with Gasteiger partial charge in [0.1, 0.15) is 5.75 Å². The number of halogens is 1. The van der Waals surface area contributed by atoms with E-state index < -0.39 is 0 Å². The molecule has 1 fully saturated rings. The van der Waals surface area contributed by atoms with Gasteiger partial charge in [0.05, 0.1) is 12.7 Å². The second-order valence-electron chi connectivity index (χ2n) is 5.37. The molecule has 2 rings (SSSR count). The van der Waals surface area contributed by atoms with Crippen molar-refractivity contribution in [1.29, 1.82) is 0 Å². The molecule has 0 aliphatic heterocycles. The van der Waals surface area contributed by atoms with E-state index in [1.165, 1.54) is 0 Å². The highest BCUT2D eigenvalue weighted by molar-refractivity contribution is 9.10. The Bertz CT molecular complexity index is 432. The number of hydrogen-bond acceptors (Lipinski definition) is 3. The van der Waals surface area contributed by atoms with Gasteiger partial charge < -0.3 is 15.2 Å². The van der Waals surface area contributed by atoms with Crippen LogP contribution < -0.4 is 10.5 Å². The number of hydrogen-bond donors (Lipinski definition) is 1. The third-order valence-corrected chi connectivity index (χ3v) is 4.35. The van der Waals surface area contributed by atoms with E-state index in [-0.39, 0.29) is 6.04 Å². The first-order chi connectivity index (χ1) is 9.63. The summed E-state index contributed by atoms with van der Waals surface area (Å²) in [4.78, 5) is 0. The van der Waals surface area contributed by atoms with Crippen LogP contribution in [0.1, 0.15) is 44.7 Å². The van der Waals surface area contributed by atoms with Crippen molar-refractivity contribution in [3.63, 3.8) is 0 Å².